The van der Waals surface area contributed by atoms with E-state index in [0.29, 0.717) is 43.9 Å². The molecule has 0 spiro atoms. The molecule has 4 aromatic rings. The summed E-state index contributed by atoms with van der Waals surface area (Å²) in [4.78, 5) is 80.8. The summed E-state index contributed by atoms with van der Waals surface area (Å²) in [6.07, 6.45) is 9.05. The molecule has 4 amide bonds. The highest BCUT2D eigenvalue weighted by molar-refractivity contribution is 6.06. The number of rotatable bonds is 9. The highest BCUT2D eigenvalue weighted by atomic mass is 16.5. The quantitative estimate of drug-likeness (QED) is 0.219. The van der Waals surface area contributed by atoms with Gasteiger partial charge in [-0.3, -0.25) is 34.2 Å². The molecule has 4 aromatic heterocycles. The summed E-state index contributed by atoms with van der Waals surface area (Å²) in [6.45, 7) is 8.37. The van der Waals surface area contributed by atoms with E-state index in [2.05, 4.69) is 30.4 Å². The first-order chi connectivity index (χ1) is 25.1. The molecular formula is C37H43N9O6. The van der Waals surface area contributed by atoms with E-state index in [4.69, 9.17) is 9.72 Å². The van der Waals surface area contributed by atoms with Gasteiger partial charge < -0.3 is 29.2 Å². The first-order valence-corrected chi connectivity index (χ1v) is 17.8. The van der Waals surface area contributed by atoms with Crippen LogP contribution in [0, 0.1) is 0 Å². The number of aromatic amines is 1. The van der Waals surface area contributed by atoms with Crippen molar-refractivity contribution in [3.05, 3.63) is 82.3 Å². The molecule has 1 unspecified atom stereocenters. The standard InChI is InChI=1S/C37H43N9O6/c1-23(2)52-30-18-32-40-29(21-46(32)20-27(30)36(50)41-28-4-3-11-38-37(28)51)24-9-12-45(13-10-24)34(48)22-43-14-16-44(17-15-43)31-7-5-25(19-39-31)26-6-8-33(47)42-35(26)49/h3-5,7,11,18-21,23-24,26H,6,8-10,12-17,22H2,1-2H3,(H,38,51)(H,41,50)(H,42,47,49). The third-order valence-electron chi connectivity index (χ3n) is 9.98. The molecule has 3 fully saturated rings. The molecule has 272 valence electrons. The van der Waals surface area contributed by atoms with Crippen molar-refractivity contribution >= 4 is 40.8 Å². The van der Waals surface area contributed by atoms with Gasteiger partial charge in [0.1, 0.15) is 22.9 Å². The molecule has 15 nitrogen and oxygen atoms in total. The zero-order valence-corrected chi connectivity index (χ0v) is 29.3. The number of piperazine rings is 1. The molecule has 7 heterocycles. The lowest BCUT2D eigenvalue weighted by Crippen LogP contribution is -2.51. The molecule has 0 radical (unpaired) electrons. The molecule has 0 aliphatic carbocycles. The van der Waals surface area contributed by atoms with Crippen molar-refractivity contribution in [3.63, 3.8) is 0 Å². The average Bonchev–Trinajstić information content (AvgIpc) is 3.55. The summed E-state index contributed by atoms with van der Waals surface area (Å²) in [5, 5.41) is 5.09. The van der Waals surface area contributed by atoms with E-state index in [1.807, 2.05) is 41.5 Å². The van der Waals surface area contributed by atoms with Crippen LogP contribution in [0.3, 0.4) is 0 Å². The number of nitrogens with one attached hydrogen (secondary N) is 3. The van der Waals surface area contributed by atoms with E-state index in [-0.39, 0.29) is 46.9 Å². The predicted molar refractivity (Wildman–Crippen MR) is 193 cm³/mol. The number of anilines is 2. The number of H-pyrrole nitrogens is 1. The molecule has 1 atom stereocenters. The van der Waals surface area contributed by atoms with Crippen LogP contribution in [-0.4, -0.2) is 105 Å². The second-order valence-corrected chi connectivity index (χ2v) is 13.9. The van der Waals surface area contributed by atoms with Gasteiger partial charge in [-0.25, -0.2) is 9.97 Å². The Bertz CT molecular complexity index is 2030. The highest BCUT2D eigenvalue weighted by Crippen LogP contribution is 2.31. The van der Waals surface area contributed by atoms with Gasteiger partial charge >= 0.3 is 0 Å². The van der Waals surface area contributed by atoms with Gasteiger partial charge in [-0.2, -0.15) is 0 Å². The third-order valence-corrected chi connectivity index (χ3v) is 9.98. The smallest absolute Gasteiger partial charge is 0.271 e. The monoisotopic (exact) mass is 709 g/mol. The minimum absolute atomic E-state index is 0.122. The number of carbonyl (C=O) groups is 4. The first kappa shape index (κ1) is 34.9. The Balaban J connectivity index is 0.918. The summed E-state index contributed by atoms with van der Waals surface area (Å²) < 4.78 is 7.80. The SMILES string of the molecule is CC(C)Oc1cc2nc(C3CCN(C(=O)CN4CCN(c5ccc(C6CCC(=O)NC6=O)cn5)CC4)CC3)cn2cc1C(=O)Nc1ccc[nH]c1=O. The Kier molecular flexibility index (Phi) is 10.0. The number of fused-ring (bicyclic) bond motifs is 1. The van der Waals surface area contributed by atoms with Crippen molar-refractivity contribution in [2.45, 2.75) is 57.5 Å². The number of piperidine rings is 2. The van der Waals surface area contributed by atoms with E-state index in [1.54, 1.807) is 24.5 Å². The molecule has 3 aliphatic heterocycles. The molecular weight excluding hydrogens is 666 g/mol. The summed E-state index contributed by atoms with van der Waals surface area (Å²) in [6, 6.07) is 8.77. The fraction of sp³-hybridized carbons (Fsp3) is 0.432. The molecule has 3 saturated heterocycles. The van der Waals surface area contributed by atoms with Crippen molar-refractivity contribution in [2.24, 2.45) is 0 Å². The minimum atomic E-state index is -0.463. The number of carbonyl (C=O) groups excluding carboxylic acids is 4. The van der Waals surface area contributed by atoms with Crippen molar-refractivity contribution in [1.29, 1.82) is 0 Å². The molecule has 52 heavy (non-hydrogen) atoms. The number of hydrogen-bond donors (Lipinski definition) is 3. The number of amides is 4. The number of imidazole rings is 1. The van der Waals surface area contributed by atoms with Gasteiger partial charge in [-0.1, -0.05) is 6.07 Å². The maximum Gasteiger partial charge on any atom is 0.271 e. The normalized spacial score (nSPS) is 18.9. The topological polar surface area (TPSA) is 174 Å². The molecule has 3 N–H and O–H groups in total. The van der Waals surface area contributed by atoms with Crippen LogP contribution in [0.15, 0.2) is 59.9 Å². The number of nitrogens with zero attached hydrogens (tertiary/aromatic N) is 6. The maximum absolute atomic E-state index is 13.3. The summed E-state index contributed by atoms with van der Waals surface area (Å²) in [5.41, 5.74) is 2.39. The van der Waals surface area contributed by atoms with Gasteiger partial charge in [0, 0.05) is 82.5 Å². The number of imide groups is 1. The van der Waals surface area contributed by atoms with Gasteiger partial charge in [0.05, 0.1) is 29.8 Å². The number of hydrogen-bond acceptors (Lipinski definition) is 10. The zero-order valence-electron chi connectivity index (χ0n) is 29.3. The Morgan fingerprint density at radius 1 is 1.00 bits per heavy atom. The van der Waals surface area contributed by atoms with E-state index < -0.39 is 11.5 Å². The van der Waals surface area contributed by atoms with E-state index in [9.17, 15) is 24.0 Å². The van der Waals surface area contributed by atoms with Crippen molar-refractivity contribution < 1.29 is 23.9 Å². The average molecular weight is 710 g/mol. The number of pyridine rings is 3. The molecule has 15 heteroatoms. The van der Waals surface area contributed by atoms with Gasteiger partial charge in [-0.15, -0.1) is 0 Å². The number of aromatic nitrogens is 4. The summed E-state index contributed by atoms with van der Waals surface area (Å²) >= 11 is 0. The molecule has 0 saturated carbocycles. The van der Waals surface area contributed by atoms with Crippen LogP contribution in [0.25, 0.3) is 5.65 Å². The van der Waals surface area contributed by atoms with E-state index in [1.165, 1.54) is 12.3 Å². The van der Waals surface area contributed by atoms with Gasteiger partial charge in [-0.05, 0) is 56.9 Å². The lowest BCUT2D eigenvalue weighted by molar-refractivity contribution is -0.135. The second-order valence-electron chi connectivity index (χ2n) is 13.9. The van der Waals surface area contributed by atoms with Crippen LogP contribution < -0.4 is 25.8 Å². The maximum atomic E-state index is 13.3. The van der Waals surface area contributed by atoms with Crippen molar-refractivity contribution in [1.82, 2.24) is 34.5 Å². The zero-order chi connectivity index (χ0) is 36.4. The van der Waals surface area contributed by atoms with E-state index in [0.717, 1.165) is 56.1 Å². The lowest BCUT2D eigenvalue weighted by atomic mass is 9.92. The van der Waals surface area contributed by atoms with Crippen molar-refractivity contribution in [3.8, 4) is 5.75 Å². The van der Waals surface area contributed by atoms with Gasteiger partial charge in [0.25, 0.3) is 11.5 Å². The largest absolute Gasteiger partial charge is 0.490 e. The number of likely N-dealkylation sites (tertiary alicyclic amines) is 1. The fourth-order valence-corrected chi connectivity index (χ4v) is 7.12. The van der Waals surface area contributed by atoms with Gasteiger partial charge in [0.2, 0.25) is 17.7 Å². The Morgan fingerprint density at radius 3 is 2.48 bits per heavy atom. The Hall–Kier alpha value is -5.57. The molecule has 0 aromatic carbocycles. The summed E-state index contributed by atoms with van der Waals surface area (Å²) in [5.74, 6) is 0.187. The first-order valence-electron chi connectivity index (χ1n) is 17.8. The molecule has 0 bridgehead atoms. The minimum Gasteiger partial charge on any atom is -0.490 e. The van der Waals surface area contributed by atoms with Crippen LogP contribution in [0.5, 0.6) is 5.75 Å². The van der Waals surface area contributed by atoms with Crippen LogP contribution in [-0.2, 0) is 14.4 Å². The second kappa shape index (κ2) is 15.0. The fourth-order valence-electron chi connectivity index (χ4n) is 7.12. The Morgan fingerprint density at radius 2 is 1.79 bits per heavy atom. The number of ether oxygens (including phenoxy) is 1. The predicted octanol–water partition coefficient (Wildman–Crippen LogP) is 2.51. The summed E-state index contributed by atoms with van der Waals surface area (Å²) in [7, 11) is 0. The van der Waals surface area contributed by atoms with Crippen LogP contribution in [0.1, 0.15) is 73.0 Å². The van der Waals surface area contributed by atoms with Crippen molar-refractivity contribution in [2.75, 3.05) is 56.0 Å². The lowest BCUT2D eigenvalue weighted by Gasteiger charge is -2.37. The van der Waals surface area contributed by atoms with Crippen LogP contribution in [0.2, 0.25) is 0 Å². The van der Waals surface area contributed by atoms with Crippen LogP contribution >= 0.6 is 0 Å². The van der Waals surface area contributed by atoms with E-state index >= 15 is 0 Å². The Labute approximate surface area is 300 Å². The molecule has 3 aliphatic rings. The van der Waals surface area contributed by atoms with Gasteiger partial charge in [0.15, 0.2) is 0 Å². The third kappa shape index (κ3) is 7.68. The van der Waals surface area contributed by atoms with Crippen LogP contribution in [0.4, 0.5) is 11.5 Å². The molecule has 7 rings (SSSR count). The highest BCUT2D eigenvalue weighted by Gasteiger charge is 2.30.